The van der Waals surface area contributed by atoms with Gasteiger partial charge < -0.3 is 19.3 Å². The number of nitrogens with zero attached hydrogens (tertiary/aromatic N) is 2. The van der Waals surface area contributed by atoms with Gasteiger partial charge in [0.2, 0.25) is 0 Å². The lowest BCUT2D eigenvalue weighted by Gasteiger charge is -2.55. The fourth-order valence-electron chi connectivity index (χ4n) is 11.8. The SMILES string of the molecule is CCCCCCC#CCCOC(=O)CCCCCCN(CCCCCCC(=O)OC1CCC2(C)C(=CC=C3C2CCC2(C)C3CCC2C(C)/C=C/C(C)C(C)C)C1)C(=O)SCCCN(C)C. The van der Waals surface area contributed by atoms with Gasteiger partial charge in [-0.1, -0.05) is 147 Å². The fourth-order valence-corrected chi connectivity index (χ4v) is 12.6. The maximum atomic E-state index is 13.3. The average molecular weight is 933 g/mol. The molecule has 0 bridgehead atoms. The number of rotatable bonds is 29. The van der Waals surface area contributed by atoms with E-state index in [2.05, 4.69) is 104 Å². The standard InChI is InChI=1S/C58H96N2O5S/c1-10-11-12-13-14-15-20-25-42-64-54(61)27-21-16-18-23-40-60(56(63)66-43-26-39-59(8)9)41-24-19-17-22-28-55(62)65-49-35-37-57(6)48(44-49)31-32-50-52-34-33-51(58(52,7)38-36-53(50)57)47(5)30-29-46(4)45(2)3/h29-32,45-47,49,51-53H,10-14,16-19,21-28,33-44H2,1-9H3/b30-29+. The van der Waals surface area contributed by atoms with E-state index in [0.29, 0.717) is 60.9 Å². The molecule has 0 heterocycles. The predicted octanol–water partition coefficient (Wildman–Crippen LogP) is 14.8. The summed E-state index contributed by atoms with van der Waals surface area (Å²) in [4.78, 5) is 42.8. The van der Waals surface area contributed by atoms with Crippen LogP contribution < -0.4 is 0 Å². The van der Waals surface area contributed by atoms with Gasteiger partial charge in [0, 0.05) is 50.9 Å². The molecule has 0 aromatic rings. The number of ether oxygens (including phenoxy) is 2. The largest absolute Gasteiger partial charge is 0.465 e. The van der Waals surface area contributed by atoms with Crippen molar-refractivity contribution >= 4 is 28.9 Å². The van der Waals surface area contributed by atoms with Crippen molar-refractivity contribution in [2.24, 2.45) is 46.3 Å². The number of hydrogen-bond acceptors (Lipinski definition) is 7. The van der Waals surface area contributed by atoms with E-state index in [0.717, 1.165) is 121 Å². The summed E-state index contributed by atoms with van der Waals surface area (Å²) < 4.78 is 11.6. The molecule has 8 heteroatoms. The Kier molecular flexibility index (Phi) is 25.1. The first-order chi connectivity index (χ1) is 31.7. The Bertz CT molecular complexity index is 1640. The summed E-state index contributed by atoms with van der Waals surface area (Å²) in [6.45, 7) is 19.7. The van der Waals surface area contributed by atoms with Gasteiger partial charge in [0.25, 0.3) is 5.24 Å². The lowest BCUT2D eigenvalue weighted by molar-refractivity contribution is -0.151. The van der Waals surface area contributed by atoms with E-state index in [1.54, 1.807) is 5.57 Å². The number of amides is 1. The molecule has 4 rings (SSSR count). The first-order valence-electron chi connectivity index (χ1n) is 27.2. The van der Waals surface area contributed by atoms with Crippen LogP contribution in [-0.4, -0.2) is 79.2 Å². The van der Waals surface area contributed by atoms with E-state index in [1.807, 2.05) is 4.90 Å². The number of thioether (sulfide) groups is 1. The van der Waals surface area contributed by atoms with E-state index < -0.39 is 0 Å². The smallest absolute Gasteiger partial charge is 0.306 e. The van der Waals surface area contributed by atoms with Gasteiger partial charge >= 0.3 is 11.9 Å². The zero-order chi connectivity index (χ0) is 48.0. The molecule has 0 spiro atoms. The summed E-state index contributed by atoms with van der Waals surface area (Å²) in [6.07, 6.45) is 33.9. The summed E-state index contributed by atoms with van der Waals surface area (Å²) in [5.41, 5.74) is 3.81. The average Bonchev–Trinajstić information content (AvgIpc) is 3.65. The van der Waals surface area contributed by atoms with Gasteiger partial charge in [-0.25, -0.2) is 0 Å². The Hall–Kier alpha value is -2.50. The Morgan fingerprint density at radius 3 is 2.14 bits per heavy atom. The fraction of sp³-hybridized carbons (Fsp3) is 0.810. The number of fused-ring (bicyclic) bond motifs is 5. The number of unbranched alkanes of at least 4 members (excludes halogenated alkanes) is 10. The zero-order valence-corrected chi connectivity index (χ0v) is 44.5. The molecule has 66 heavy (non-hydrogen) atoms. The van der Waals surface area contributed by atoms with E-state index in [4.69, 9.17) is 9.47 Å². The predicted molar refractivity (Wildman–Crippen MR) is 278 cm³/mol. The highest BCUT2D eigenvalue weighted by molar-refractivity contribution is 8.13. The lowest BCUT2D eigenvalue weighted by Crippen LogP contribution is -2.46. The third-order valence-corrected chi connectivity index (χ3v) is 17.4. The Morgan fingerprint density at radius 1 is 0.758 bits per heavy atom. The second-order valence-electron chi connectivity index (χ2n) is 22.0. The van der Waals surface area contributed by atoms with Crippen molar-refractivity contribution in [2.45, 2.75) is 209 Å². The molecule has 4 aliphatic carbocycles. The lowest BCUT2D eigenvalue weighted by atomic mass is 9.50. The molecule has 8 unspecified atom stereocenters. The third kappa shape index (κ3) is 17.8. The Balaban J connectivity index is 1.14. The number of carbonyl (C=O) groups excluding carboxylic acids is 3. The molecule has 7 nitrogen and oxygen atoms in total. The number of carbonyl (C=O) groups is 3. The van der Waals surface area contributed by atoms with Gasteiger partial charge in [-0.05, 0) is 144 Å². The molecule has 1 amide bonds. The van der Waals surface area contributed by atoms with Crippen LogP contribution in [0.5, 0.6) is 0 Å². The normalized spacial score (nSPS) is 25.6. The van der Waals surface area contributed by atoms with Gasteiger partial charge in [-0.3, -0.25) is 14.4 Å². The summed E-state index contributed by atoms with van der Waals surface area (Å²) >= 11 is 1.44. The molecule has 0 N–H and O–H groups in total. The van der Waals surface area contributed by atoms with Crippen molar-refractivity contribution in [1.29, 1.82) is 0 Å². The molecule has 4 aliphatic rings. The van der Waals surface area contributed by atoms with Crippen molar-refractivity contribution in [3.05, 3.63) is 35.5 Å². The second-order valence-corrected chi connectivity index (χ2v) is 23.1. The van der Waals surface area contributed by atoms with Gasteiger partial charge in [0.15, 0.2) is 0 Å². The molecule has 374 valence electrons. The Morgan fingerprint density at radius 2 is 1.44 bits per heavy atom. The molecule has 0 radical (unpaired) electrons. The molecular formula is C58H96N2O5S. The van der Waals surface area contributed by atoms with Crippen molar-refractivity contribution in [2.75, 3.05) is 46.1 Å². The topological polar surface area (TPSA) is 76.1 Å². The highest BCUT2D eigenvalue weighted by Gasteiger charge is 2.57. The number of hydrogen-bond donors (Lipinski definition) is 0. The van der Waals surface area contributed by atoms with Gasteiger partial charge in [-0.2, -0.15) is 0 Å². The van der Waals surface area contributed by atoms with Crippen LogP contribution in [0, 0.1) is 58.2 Å². The van der Waals surface area contributed by atoms with Crippen LogP contribution in [0.3, 0.4) is 0 Å². The summed E-state index contributed by atoms with van der Waals surface area (Å²) in [6, 6.07) is 0. The quantitative estimate of drug-likeness (QED) is 0.0320. The minimum atomic E-state index is -0.136. The molecule has 3 saturated carbocycles. The van der Waals surface area contributed by atoms with Gasteiger partial charge in [0.1, 0.15) is 12.7 Å². The van der Waals surface area contributed by atoms with Crippen LogP contribution in [0.25, 0.3) is 0 Å². The van der Waals surface area contributed by atoms with Crippen LogP contribution in [0.1, 0.15) is 203 Å². The maximum Gasteiger partial charge on any atom is 0.306 e. The van der Waals surface area contributed by atoms with Crippen LogP contribution in [0.2, 0.25) is 0 Å². The molecule has 0 aromatic carbocycles. The first-order valence-corrected chi connectivity index (χ1v) is 28.1. The summed E-state index contributed by atoms with van der Waals surface area (Å²) in [7, 11) is 4.14. The Labute approximate surface area is 409 Å². The van der Waals surface area contributed by atoms with Crippen LogP contribution in [-0.2, 0) is 19.1 Å². The minimum absolute atomic E-state index is 0.0131. The van der Waals surface area contributed by atoms with Crippen LogP contribution in [0.15, 0.2) is 35.5 Å². The molecular weight excluding hydrogens is 837 g/mol. The molecule has 0 saturated heterocycles. The maximum absolute atomic E-state index is 13.3. The molecule has 3 fully saturated rings. The van der Waals surface area contributed by atoms with E-state index >= 15 is 0 Å². The van der Waals surface area contributed by atoms with Gasteiger partial charge in [0.05, 0.1) is 0 Å². The van der Waals surface area contributed by atoms with Crippen molar-refractivity contribution in [3.8, 4) is 11.8 Å². The zero-order valence-electron chi connectivity index (χ0n) is 43.7. The molecule has 8 atom stereocenters. The number of allylic oxidation sites excluding steroid dienone is 5. The van der Waals surface area contributed by atoms with Crippen LogP contribution >= 0.6 is 11.8 Å². The van der Waals surface area contributed by atoms with Crippen molar-refractivity contribution in [1.82, 2.24) is 9.80 Å². The van der Waals surface area contributed by atoms with E-state index in [9.17, 15) is 14.4 Å². The van der Waals surface area contributed by atoms with Gasteiger partial charge in [-0.15, -0.1) is 5.92 Å². The van der Waals surface area contributed by atoms with Crippen LogP contribution in [0.4, 0.5) is 4.79 Å². The summed E-state index contributed by atoms with van der Waals surface area (Å²) in [5.74, 6) is 11.0. The highest BCUT2D eigenvalue weighted by atomic mass is 32.2. The molecule has 0 aliphatic heterocycles. The minimum Gasteiger partial charge on any atom is -0.465 e. The van der Waals surface area contributed by atoms with Crippen molar-refractivity contribution < 1.29 is 23.9 Å². The van der Waals surface area contributed by atoms with E-state index in [1.165, 1.54) is 62.3 Å². The monoisotopic (exact) mass is 933 g/mol. The summed E-state index contributed by atoms with van der Waals surface area (Å²) in [5, 5.41) is 0.174. The highest BCUT2D eigenvalue weighted by Crippen LogP contribution is 2.66. The number of esters is 2. The molecule has 0 aromatic heterocycles. The second kappa shape index (κ2) is 29.5. The first kappa shape index (κ1) is 56.1. The third-order valence-electron chi connectivity index (χ3n) is 16.4. The van der Waals surface area contributed by atoms with E-state index in [-0.39, 0.29) is 28.7 Å². The van der Waals surface area contributed by atoms with Crippen molar-refractivity contribution in [3.63, 3.8) is 0 Å².